The van der Waals surface area contributed by atoms with Gasteiger partial charge in [0.25, 0.3) is 0 Å². The highest BCUT2D eigenvalue weighted by Gasteiger charge is 2.22. The molecule has 2 rings (SSSR count). The van der Waals surface area contributed by atoms with Gasteiger partial charge >= 0.3 is 9.28 Å². The van der Waals surface area contributed by atoms with Crippen molar-refractivity contribution in [3.63, 3.8) is 0 Å². The van der Waals surface area contributed by atoms with E-state index in [-0.39, 0.29) is 12.2 Å². The highest BCUT2D eigenvalue weighted by Crippen LogP contribution is 2.39. The second-order valence-corrected chi connectivity index (χ2v) is 11.2. The van der Waals surface area contributed by atoms with E-state index < -0.39 is 9.28 Å². The van der Waals surface area contributed by atoms with Crippen molar-refractivity contribution in [2.24, 2.45) is 0 Å². The van der Waals surface area contributed by atoms with Crippen molar-refractivity contribution in [2.75, 3.05) is 6.61 Å². The van der Waals surface area contributed by atoms with Crippen LogP contribution in [0.15, 0.2) is 18.2 Å². The number of benzene rings is 1. The molecule has 1 aromatic carbocycles. The molecule has 1 atom stereocenters. The van der Waals surface area contributed by atoms with E-state index in [4.69, 9.17) is 13.6 Å². The van der Waals surface area contributed by atoms with Gasteiger partial charge in [0, 0.05) is 12.2 Å². The van der Waals surface area contributed by atoms with Gasteiger partial charge in [-0.3, -0.25) is 0 Å². The minimum Gasteiger partial charge on any atom is -0.493 e. The molecule has 1 saturated carbocycles. The summed E-state index contributed by atoms with van der Waals surface area (Å²) in [4.78, 5) is 0. The van der Waals surface area contributed by atoms with Gasteiger partial charge in [-0.05, 0) is 88.5 Å². The molecule has 0 heterocycles. The lowest BCUT2D eigenvalue weighted by atomic mass is 9.82. The van der Waals surface area contributed by atoms with Crippen LogP contribution in [0.3, 0.4) is 0 Å². The van der Waals surface area contributed by atoms with Gasteiger partial charge in [-0.15, -0.1) is 0 Å². The van der Waals surface area contributed by atoms with Crippen LogP contribution in [0.1, 0.15) is 116 Å². The minimum absolute atomic E-state index is 0.217. The molecule has 4 heteroatoms. The monoisotopic (exact) mass is 433 g/mol. The summed E-state index contributed by atoms with van der Waals surface area (Å²) in [6.45, 7) is 13.7. The van der Waals surface area contributed by atoms with Gasteiger partial charge in [0.05, 0.1) is 6.61 Å². The van der Waals surface area contributed by atoms with Gasteiger partial charge in [-0.25, -0.2) is 0 Å². The fraction of sp³-hybridized carbons (Fsp3) is 0.769. The van der Waals surface area contributed by atoms with E-state index >= 15 is 0 Å². The van der Waals surface area contributed by atoms with Crippen LogP contribution in [0.4, 0.5) is 0 Å². The zero-order valence-corrected chi connectivity index (χ0v) is 21.3. The molecule has 1 aromatic rings. The Balaban J connectivity index is 2.00. The smallest absolute Gasteiger partial charge is 0.385 e. The summed E-state index contributed by atoms with van der Waals surface area (Å²) in [6.07, 6.45) is 10.6. The Morgan fingerprint density at radius 1 is 0.967 bits per heavy atom. The maximum absolute atomic E-state index is 6.35. The number of ether oxygens (including phenoxy) is 1. The Hall–Kier alpha value is -0.843. The van der Waals surface area contributed by atoms with Gasteiger partial charge in [-0.2, -0.15) is 0 Å². The van der Waals surface area contributed by atoms with Crippen molar-refractivity contribution >= 4 is 9.28 Å². The number of hydrogen-bond acceptors (Lipinski definition) is 3. The molecule has 1 unspecified atom stereocenters. The zero-order valence-electron chi connectivity index (χ0n) is 20.3. The quantitative estimate of drug-likeness (QED) is 0.235. The molecule has 0 aromatic heterocycles. The third-order valence-corrected chi connectivity index (χ3v) is 8.12. The zero-order chi connectivity index (χ0) is 21.9. The lowest BCUT2D eigenvalue weighted by Gasteiger charge is -2.26. The Morgan fingerprint density at radius 3 is 2.23 bits per heavy atom. The van der Waals surface area contributed by atoms with Crippen molar-refractivity contribution in [2.45, 2.75) is 123 Å². The third-order valence-electron chi connectivity index (χ3n) is 5.89. The summed E-state index contributed by atoms with van der Waals surface area (Å²) >= 11 is 0. The molecule has 1 fully saturated rings. The lowest BCUT2D eigenvalue weighted by molar-refractivity contribution is 0.128. The third kappa shape index (κ3) is 8.72. The molecule has 30 heavy (non-hydrogen) atoms. The lowest BCUT2D eigenvalue weighted by Crippen LogP contribution is -2.29. The summed E-state index contributed by atoms with van der Waals surface area (Å²) in [5.41, 5.74) is 2.93. The second-order valence-electron chi connectivity index (χ2n) is 9.48. The van der Waals surface area contributed by atoms with Crippen LogP contribution in [-0.4, -0.2) is 28.1 Å². The summed E-state index contributed by atoms with van der Waals surface area (Å²) in [6, 6.07) is 7.96. The van der Waals surface area contributed by atoms with Gasteiger partial charge in [-0.1, -0.05) is 51.7 Å². The maximum atomic E-state index is 6.35. The molecule has 0 N–H and O–H groups in total. The van der Waals surface area contributed by atoms with Crippen LogP contribution >= 0.6 is 0 Å². The highest BCUT2D eigenvalue weighted by molar-refractivity contribution is 6.44. The summed E-state index contributed by atoms with van der Waals surface area (Å²) in [5, 5.41) is 0. The van der Waals surface area contributed by atoms with Gasteiger partial charge in [0.1, 0.15) is 5.75 Å². The highest BCUT2D eigenvalue weighted by atomic mass is 28.3. The fourth-order valence-electron chi connectivity index (χ4n) is 4.41. The molecule has 1 aliphatic carbocycles. The van der Waals surface area contributed by atoms with Crippen LogP contribution in [0.25, 0.3) is 0 Å². The standard InChI is InChI=1S/C26H45O3Si/c1-7-12-22(6)24-15-16-26(25(19-24)23-13-9-8-10-14-23)27-17-11-18-30(28-20(2)3)29-21(4)5/h15-16,19-23H,7-14,17-18H2,1-6H3. The normalized spacial score (nSPS) is 16.6. The van der Waals surface area contributed by atoms with E-state index in [0.29, 0.717) is 11.8 Å². The molecule has 0 spiro atoms. The van der Waals surface area contributed by atoms with Crippen LogP contribution in [0.2, 0.25) is 6.04 Å². The summed E-state index contributed by atoms with van der Waals surface area (Å²) in [5.74, 6) is 2.39. The van der Waals surface area contributed by atoms with Gasteiger partial charge in [0.15, 0.2) is 0 Å². The Bertz CT molecular complexity index is 586. The molecule has 0 bridgehead atoms. The molecule has 0 amide bonds. The predicted octanol–water partition coefficient (Wildman–Crippen LogP) is 7.75. The molecule has 0 aliphatic heterocycles. The number of rotatable bonds is 13. The molecule has 1 aliphatic rings. The molecular weight excluding hydrogens is 388 g/mol. The minimum atomic E-state index is -1.23. The molecule has 1 radical (unpaired) electrons. The molecule has 3 nitrogen and oxygen atoms in total. The first-order valence-corrected chi connectivity index (χ1v) is 13.9. The van der Waals surface area contributed by atoms with Crippen LogP contribution < -0.4 is 4.74 Å². The van der Waals surface area contributed by atoms with E-state index in [9.17, 15) is 0 Å². The Labute approximate surface area is 187 Å². The van der Waals surface area contributed by atoms with E-state index in [1.807, 2.05) is 0 Å². The first-order valence-electron chi connectivity index (χ1n) is 12.4. The largest absolute Gasteiger partial charge is 0.493 e. The van der Waals surface area contributed by atoms with E-state index in [1.54, 1.807) is 0 Å². The first kappa shape index (κ1) is 25.4. The first-order chi connectivity index (χ1) is 14.4. The Kier molecular flexibility index (Phi) is 11.5. The predicted molar refractivity (Wildman–Crippen MR) is 129 cm³/mol. The van der Waals surface area contributed by atoms with Crippen molar-refractivity contribution in [3.8, 4) is 5.75 Å². The SMILES string of the molecule is CCCC(C)c1ccc(OCCC[Si](OC(C)C)OC(C)C)c(C2CCCCC2)c1. The van der Waals surface area contributed by atoms with Crippen LogP contribution in [-0.2, 0) is 8.85 Å². The van der Waals surface area contributed by atoms with Crippen LogP contribution in [0, 0.1) is 0 Å². The molecule has 0 saturated heterocycles. The average molecular weight is 434 g/mol. The number of hydrogen-bond donors (Lipinski definition) is 0. The van der Waals surface area contributed by atoms with Gasteiger partial charge in [0.2, 0.25) is 0 Å². The van der Waals surface area contributed by atoms with Gasteiger partial charge < -0.3 is 13.6 Å². The molecular formula is C26H45O3Si. The van der Waals surface area contributed by atoms with E-state index in [0.717, 1.165) is 24.8 Å². The van der Waals surface area contributed by atoms with Crippen molar-refractivity contribution in [1.29, 1.82) is 0 Å². The summed E-state index contributed by atoms with van der Waals surface area (Å²) in [7, 11) is -1.23. The van der Waals surface area contributed by atoms with Crippen molar-refractivity contribution in [1.82, 2.24) is 0 Å². The fourth-order valence-corrected chi connectivity index (χ4v) is 6.18. The van der Waals surface area contributed by atoms with E-state index in [2.05, 4.69) is 59.7 Å². The topological polar surface area (TPSA) is 27.7 Å². The second kappa shape index (κ2) is 13.5. The van der Waals surface area contributed by atoms with Crippen molar-refractivity contribution < 1.29 is 13.6 Å². The van der Waals surface area contributed by atoms with E-state index in [1.165, 1.54) is 56.1 Å². The average Bonchev–Trinajstić information content (AvgIpc) is 2.71. The van der Waals surface area contributed by atoms with Crippen LogP contribution in [0.5, 0.6) is 5.75 Å². The van der Waals surface area contributed by atoms with Crippen molar-refractivity contribution in [3.05, 3.63) is 29.3 Å². The molecule has 171 valence electrons. The Morgan fingerprint density at radius 2 is 1.63 bits per heavy atom. The summed E-state index contributed by atoms with van der Waals surface area (Å²) < 4.78 is 18.4. The maximum Gasteiger partial charge on any atom is 0.385 e.